The second-order valence-corrected chi connectivity index (χ2v) is 4.27. The van der Waals surface area contributed by atoms with Crippen molar-refractivity contribution < 1.29 is 9.47 Å². The van der Waals surface area contributed by atoms with Crippen molar-refractivity contribution >= 4 is 0 Å². The number of methoxy groups -OCH3 is 1. The third-order valence-electron chi connectivity index (χ3n) is 2.95. The van der Waals surface area contributed by atoms with Crippen LogP contribution in [0.15, 0.2) is 18.2 Å². The van der Waals surface area contributed by atoms with Crippen molar-refractivity contribution in [2.24, 2.45) is 0 Å². The van der Waals surface area contributed by atoms with Crippen molar-refractivity contribution in [3.63, 3.8) is 0 Å². The Morgan fingerprint density at radius 2 is 2.11 bits per heavy atom. The van der Waals surface area contributed by atoms with Gasteiger partial charge in [-0.15, -0.1) is 0 Å². The van der Waals surface area contributed by atoms with E-state index in [1.807, 2.05) is 25.1 Å². The van der Waals surface area contributed by atoms with E-state index < -0.39 is 0 Å². The van der Waals surface area contributed by atoms with E-state index in [-0.39, 0.29) is 6.04 Å². The van der Waals surface area contributed by atoms with Gasteiger partial charge >= 0.3 is 0 Å². The molecule has 1 aromatic carbocycles. The van der Waals surface area contributed by atoms with Crippen molar-refractivity contribution in [3.05, 3.63) is 23.8 Å². The minimum atomic E-state index is 0.239. The molecule has 0 saturated heterocycles. The molecule has 0 bridgehead atoms. The molecule has 0 spiro atoms. The van der Waals surface area contributed by atoms with Gasteiger partial charge in [-0.3, -0.25) is 0 Å². The Morgan fingerprint density at radius 3 is 2.68 bits per heavy atom. The molecule has 4 heteroatoms. The summed E-state index contributed by atoms with van der Waals surface area (Å²) in [5.41, 5.74) is 1.13. The molecule has 0 heterocycles. The molecule has 0 fully saturated rings. The van der Waals surface area contributed by atoms with Gasteiger partial charge in [0, 0.05) is 12.6 Å². The molecule has 0 aliphatic carbocycles. The zero-order chi connectivity index (χ0) is 14.1. The van der Waals surface area contributed by atoms with Crippen LogP contribution >= 0.6 is 0 Å². The lowest BCUT2D eigenvalue weighted by molar-refractivity contribution is 0.310. The summed E-state index contributed by atoms with van der Waals surface area (Å²) in [4.78, 5) is 0. The minimum Gasteiger partial charge on any atom is -0.493 e. The summed E-state index contributed by atoms with van der Waals surface area (Å²) in [6.07, 6.45) is 1.48. The molecule has 1 rings (SSSR count). The fraction of sp³-hybridized carbons (Fsp3) is 0.533. The lowest BCUT2D eigenvalue weighted by atomic mass is 10.1. The van der Waals surface area contributed by atoms with E-state index in [0.717, 1.165) is 30.0 Å². The molecule has 1 unspecified atom stereocenters. The van der Waals surface area contributed by atoms with Gasteiger partial charge in [-0.1, -0.05) is 13.0 Å². The molecule has 1 atom stereocenters. The highest BCUT2D eigenvalue weighted by atomic mass is 16.5. The van der Waals surface area contributed by atoms with E-state index >= 15 is 0 Å². The number of nitrogens with zero attached hydrogens (tertiary/aromatic N) is 1. The predicted molar refractivity (Wildman–Crippen MR) is 75.3 cm³/mol. The summed E-state index contributed by atoms with van der Waals surface area (Å²) in [6, 6.07) is 8.33. The smallest absolute Gasteiger partial charge is 0.161 e. The van der Waals surface area contributed by atoms with Gasteiger partial charge in [0.15, 0.2) is 11.5 Å². The van der Waals surface area contributed by atoms with Gasteiger partial charge < -0.3 is 14.8 Å². The third kappa shape index (κ3) is 4.80. The molecule has 0 amide bonds. The molecule has 0 saturated carbocycles. The van der Waals surface area contributed by atoms with Crippen LogP contribution in [0, 0.1) is 11.3 Å². The molecule has 0 aromatic heterocycles. The van der Waals surface area contributed by atoms with Crippen molar-refractivity contribution in [1.29, 1.82) is 5.26 Å². The van der Waals surface area contributed by atoms with Gasteiger partial charge in [0.2, 0.25) is 0 Å². The quantitative estimate of drug-likeness (QED) is 0.782. The predicted octanol–water partition coefficient (Wildman–Crippen LogP) is 2.88. The van der Waals surface area contributed by atoms with Crippen LogP contribution in [-0.2, 0) is 6.54 Å². The molecule has 0 radical (unpaired) electrons. The maximum Gasteiger partial charge on any atom is 0.161 e. The average molecular weight is 262 g/mol. The van der Waals surface area contributed by atoms with Crippen LogP contribution in [0.5, 0.6) is 11.5 Å². The third-order valence-corrected chi connectivity index (χ3v) is 2.95. The fourth-order valence-electron chi connectivity index (χ4n) is 1.83. The summed E-state index contributed by atoms with van der Waals surface area (Å²) in [7, 11) is 1.63. The Kier molecular flexibility index (Phi) is 6.76. The van der Waals surface area contributed by atoms with Gasteiger partial charge in [0.25, 0.3) is 0 Å². The number of rotatable bonds is 8. The zero-order valence-electron chi connectivity index (χ0n) is 11.9. The van der Waals surface area contributed by atoms with Crippen molar-refractivity contribution in [2.45, 2.75) is 39.3 Å². The Morgan fingerprint density at radius 1 is 1.32 bits per heavy atom. The molecule has 1 aromatic rings. The van der Waals surface area contributed by atoms with E-state index in [0.29, 0.717) is 13.0 Å². The summed E-state index contributed by atoms with van der Waals surface area (Å²) in [5, 5.41) is 12.1. The minimum absolute atomic E-state index is 0.239. The van der Waals surface area contributed by atoms with Gasteiger partial charge in [-0.05, 0) is 31.0 Å². The SMILES string of the molecule is CCOc1cc(CNC(CC)CC#N)ccc1OC. The van der Waals surface area contributed by atoms with Crippen molar-refractivity contribution in [3.8, 4) is 17.6 Å². The van der Waals surface area contributed by atoms with Crippen LogP contribution in [0.2, 0.25) is 0 Å². The first-order valence-electron chi connectivity index (χ1n) is 6.65. The topological polar surface area (TPSA) is 54.3 Å². The number of hydrogen-bond donors (Lipinski definition) is 1. The Labute approximate surface area is 115 Å². The maximum atomic E-state index is 8.72. The van der Waals surface area contributed by atoms with E-state index in [1.54, 1.807) is 7.11 Å². The molecule has 104 valence electrons. The number of hydrogen-bond acceptors (Lipinski definition) is 4. The van der Waals surface area contributed by atoms with Gasteiger partial charge in [0.05, 0.1) is 26.2 Å². The Bertz CT molecular complexity index is 427. The highest BCUT2D eigenvalue weighted by Gasteiger charge is 2.08. The van der Waals surface area contributed by atoms with E-state index in [4.69, 9.17) is 14.7 Å². The monoisotopic (exact) mass is 262 g/mol. The van der Waals surface area contributed by atoms with Crippen molar-refractivity contribution in [1.82, 2.24) is 5.32 Å². The van der Waals surface area contributed by atoms with Crippen molar-refractivity contribution in [2.75, 3.05) is 13.7 Å². The fourth-order valence-corrected chi connectivity index (χ4v) is 1.83. The highest BCUT2D eigenvalue weighted by Crippen LogP contribution is 2.28. The second-order valence-electron chi connectivity index (χ2n) is 4.27. The van der Waals surface area contributed by atoms with E-state index in [1.165, 1.54) is 0 Å². The highest BCUT2D eigenvalue weighted by molar-refractivity contribution is 5.42. The van der Waals surface area contributed by atoms with Crippen LogP contribution in [0.3, 0.4) is 0 Å². The number of nitrogens with one attached hydrogen (secondary N) is 1. The summed E-state index contributed by atoms with van der Waals surface area (Å²) >= 11 is 0. The summed E-state index contributed by atoms with van der Waals surface area (Å²) in [5.74, 6) is 1.51. The lowest BCUT2D eigenvalue weighted by Gasteiger charge is -2.15. The van der Waals surface area contributed by atoms with Crippen LogP contribution in [0.1, 0.15) is 32.3 Å². The summed E-state index contributed by atoms with van der Waals surface area (Å²) in [6.45, 7) is 5.36. The number of benzene rings is 1. The standard InChI is InChI=1S/C15H22N2O2/c1-4-13(8-9-16)17-11-12-6-7-14(18-3)15(10-12)19-5-2/h6-7,10,13,17H,4-5,8,11H2,1-3H3. The summed E-state index contributed by atoms with van der Waals surface area (Å²) < 4.78 is 10.8. The molecule has 1 N–H and O–H groups in total. The van der Waals surface area contributed by atoms with Crippen LogP contribution in [0.4, 0.5) is 0 Å². The molecule has 0 aliphatic rings. The molecule has 4 nitrogen and oxygen atoms in total. The number of ether oxygens (including phenoxy) is 2. The first-order valence-corrected chi connectivity index (χ1v) is 6.65. The maximum absolute atomic E-state index is 8.72. The number of nitriles is 1. The van der Waals surface area contributed by atoms with E-state index in [2.05, 4.69) is 18.3 Å². The van der Waals surface area contributed by atoms with Crippen LogP contribution < -0.4 is 14.8 Å². The van der Waals surface area contributed by atoms with Crippen LogP contribution in [-0.4, -0.2) is 19.8 Å². The van der Waals surface area contributed by atoms with Gasteiger partial charge in [0.1, 0.15) is 0 Å². The Balaban J connectivity index is 2.68. The molecular formula is C15H22N2O2. The lowest BCUT2D eigenvalue weighted by Crippen LogP contribution is -2.27. The second kappa shape index (κ2) is 8.39. The average Bonchev–Trinajstić information content (AvgIpc) is 2.44. The van der Waals surface area contributed by atoms with Gasteiger partial charge in [-0.2, -0.15) is 5.26 Å². The zero-order valence-corrected chi connectivity index (χ0v) is 11.9. The van der Waals surface area contributed by atoms with Gasteiger partial charge in [-0.25, -0.2) is 0 Å². The molecule has 19 heavy (non-hydrogen) atoms. The van der Waals surface area contributed by atoms with Crippen LogP contribution in [0.25, 0.3) is 0 Å². The molecular weight excluding hydrogens is 240 g/mol. The molecule has 0 aliphatic heterocycles. The largest absolute Gasteiger partial charge is 0.493 e. The van der Waals surface area contributed by atoms with E-state index in [9.17, 15) is 0 Å². The Hall–Kier alpha value is -1.73. The normalized spacial score (nSPS) is 11.7. The first-order chi connectivity index (χ1) is 9.24. The first kappa shape index (κ1) is 15.3.